The van der Waals surface area contributed by atoms with Gasteiger partial charge in [0.05, 0.1) is 0 Å². The van der Waals surface area contributed by atoms with Crippen molar-refractivity contribution in [3.63, 3.8) is 0 Å². The van der Waals surface area contributed by atoms with Gasteiger partial charge in [-0.1, -0.05) is 308 Å². The fraction of sp³-hybridized carbons (Fsp3) is 1.00. The van der Waals surface area contributed by atoms with Crippen LogP contribution in [0.15, 0.2) is 0 Å². The summed E-state index contributed by atoms with van der Waals surface area (Å²) in [5, 5.41) is 26.5. The molecule has 8 fully saturated rings. The Kier molecular flexibility index (Phi) is 111. The van der Waals surface area contributed by atoms with Crippen LogP contribution >= 0.6 is 0 Å². The van der Waals surface area contributed by atoms with Gasteiger partial charge in [-0.05, 0) is 149 Å². The Labute approximate surface area is 717 Å². The first kappa shape index (κ1) is 135. The van der Waals surface area contributed by atoms with E-state index in [1.807, 2.05) is 111 Å². The van der Waals surface area contributed by atoms with Gasteiger partial charge in [-0.15, -0.1) is 77.5 Å². The monoisotopic (exact) mass is 2430 g/mol. The van der Waals surface area contributed by atoms with Gasteiger partial charge in [-0.25, -0.2) is 0 Å². The maximum Gasteiger partial charge on any atom is 0.0125 e. The largest absolute Gasteiger partial charge is 0.662 e. The van der Waals surface area contributed by atoms with Gasteiger partial charge in [0.25, 0.3) is 0 Å². The molecule has 0 spiro atoms. The van der Waals surface area contributed by atoms with Crippen LogP contribution in [0.1, 0.15) is 373 Å². The van der Waals surface area contributed by atoms with Gasteiger partial charge < -0.3 is 36.8 Å². The van der Waals surface area contributed by atoms with Crippen LogP contribution in [0.25, 0.3) is 31.9 Å². The van der Waals surface area contributed by atoms with Gasteiger partial charge in [-0.3, -0.25) is 9.80 Å². The van der Waals surface area contributed by atoms with E-state index in [4.69, 9.17) is 0 Å². The van der Waals surface area contributed by atoms with Gasteiger partial charge in [0.1, 0.15) is 0 Å². The van der Waals surface area contributed by atoms with Crippen molar-refractivity contribution in [2.24, 2.45) is 44.8 Å². The van der Waals surface area contributed by atoms with Crippen molar-refractivity contribution in [2.75, 3.05) is 105 Å². The predicted molar refractivity (Wildman–Crippen MR) is 438 cm³/mol. The minimum atomic E-state index is 0. The Hall–Kier alpha value is 3.77. The third kappa shape index (κ3) is 79.7. The molecule has 0 amide bonds. The Morgan fingerprint density at radius 2 is 0.465 bits per heavy atom. The minimum absolute atomic E-state index is 0. The van der Waals surface area contributed by atoms with Crippen molar-refractivity contribution in [2.45, 2.75) is 402 Å². The second-order valence-electron chi connectivity index (χ2n) is 32.8. The molecule has 8 aliphatic rings. The minimum Gasteiger partial charge on any atom is -0.662 e. The molecule has 0 aromatic carbocycles. The van der Waals surface area contributed by atoms with Gasteiger partial charge in [0.2, 0.25) is 0 Å². The fourth-order valence-corrected chi connectivity index (χ4v) is 11.5. The van der Waals surface area contributed by atoms with E-state index in [0.29, 0.717) is 55.8 Å². The average Bonchev–Trinajstić information content (AvgIpc) is 2.01. The van der Waals surface area contributed by atoms with E-state index in [9.17, 15) is 0 Å². The van der Waals surface area contributed by atoms with Crippen LogP contribution in [0.4, 0.5) is 0 Å². The molecule has 0 bridgehead atoms. The summed E-state index contributed by atoms with van der Waals surface area (Å²) in [5.74, 6) is 2.59. The zero-order chi connectivity index (χ0) is 74.8. The SMILES string of the molecule is CC.CC.CC.CC.CC.CC.CC.CC.CC(C)(C)C1CCCC[N-]1.CC(C)(C)C1CCC[N-]1.CC(C)(C)C1CCC[N-]C1.CC(C)(C)C1CC[N-]C1.CC(C)(C)C1CC[N-]CC1.CC(C)(C)N1CCCC1.CC(C)(C)N1CCCCC1.CC(C)(C)N1CC[N-]CC1.[W].[W].[W].[W].[W].[W]. The molecule has 9 nitrogen and oxygen atoms in total. The number of hydrogen-bond donors (Lipinski definition) is 0. The molecular weight excluding hydrogens is 2240 g/mol. The third-order valence-corrected chi connectivity index (χ3v) is 17.7. The Bertz CT molecular complexity index is 1200. The van der Waals surface area contributed by atoms with E-state index in [-0.39, 0.29) is 126 Å². The molecule has 15 heteroatoms. The first-order valence-corrected chi connectivity index (χ1v) is 40.5. The van der Waals surface area contributed by atoms with Crippen molar-refractivity contribution in [3.05, 3.63) is 31.9 Å². The van der Waals surface area contributed by atoms with Gasteiger partial charge >= 0.3 is 0 Å². The summed E-state index contributed by atoms with van der Waals surface area (Å²) in [6, 6.07) is 1.26. The first-order chi connectivity index (χ1) is 43.3. The van der Waals surface area contributed by atoms with E-state index >= 15 is 0 Å². The van der Waals surface area contributed by atoms with E-state index < -0.39 is 0 Å². The van der Waals surface area contributed by atoms with Crippen molar-refractivity contribution < 1.29 is 126 Å². The number of rotatable bonds is 0. The van der Waals surface area contributed by atoms with E-state index in [1.54, 1.807) is 0 Å². The fourth-order valence-electron chi connectivity index (χ4n) is 11.5. The standard InChI is InChI=1S/2C9H18N.C9H19N.C9H18N.C8H17N2.C8H16N.C8H17N.C8H16N.8C2H6.6W/c1-9(2,3)8-4-6-10-7-5-8;1-9(2,3)8-5-4-6-10-7-8;1-9(2,3)10-7-5-4-6-8-10;1-9(2,3)8-6-4-5-7-10-8;1-8(2,3)10-6-4-9-5-7-10;1-8(2,3)7-4-5-9-6-7;1-8(2,3)9-6-4-5-7-9;1-8(2,3)7-5-4-6-9-7;8*1-2;;;;;;/h2*8H,4-7H2,1-3H3;4-8H2,1-3H3;8H,4-7H2,1-3H3;4-7H2,1-3H3;7H,4-6H2,1-3H3;4-7H2,1-3H3;7H,4-6H2,1-3H3;8*1-2H3;;;;;;/q2*-1;;3*-1;;-1;;;;;;;;;;;;;;. The summed E-state index contributed by atoms with van der Waals surface area (Å²) in [6.45, 7) is 105. The molecule has 0 radical (unpaired) electrons. The number of nitrogens with zero attached hydrogens (tertiary/aromatic N) is 9. The molecule has 8 saturated heterocycles. The molecule has 99 heavy (non-hydrogen) atoms. The van der Waals surface area contributed by atoms with Crippen LogP contribution in [-0.2, 0) is 126 Å². The Morgan fingerprint density at radius 1 is 0.212 bits per heavy atom. The average molecular weight is 2430 g/mol. The molecule has 0 aromatic rings. The molecule has 4 unspecified atom stereocenters. The van der Waals surface area contributed by atoms with Crippen molar-refractivity contribution in [3.8, 4) is 0 Å². The van der Waals surface area contributed by atoms with Crippen LogP contribution in [0.5, 0.6) is 0 Å². The summed E-state index contributed by atoms with van der Waals surface area (Å²) < 4.78 is 0. The molecule has 610 valence electrons. The maximum atomic E-state index is 4.60. The molecule has 8 aliphatic heterocycles. The quantitative estimate of drug-likeness (QED) is 0.242. The van der Waals surface area contributed by atoms with Crippen molar-refractivity contribution >= 4 is 0 Å². The summed E-state index contributed by atoms with van der Waals surface area (Å²) in [4.78, 5) is 7.61. The predicted octanol–water partition coefficient (Wildman–Crippen LogP) is 27.4. The summed E-state index contributed by atoms with van der Waals surface area (Å²) in [7, 11) is 0. The van der Waals surface area contributed by atoms with Crippen molar-refractivity contribution in [1.29, 1.82) is 0 Å². The molecule has 0 aromatic heterocycles. The second kappa shape index (κ2) is 81.3. The molecule has 0 aliphatic carbocycles. The normalized spacial score (nSPS) is 20.6. The maximum absolute atomic E-state index is 4.60. The summed E-state index contributed by atoms with van der Waals surface area (Å²) in [5.41, 5.74) is 3.45. The van der Waals surface area contributed by atoms with Crippen molar-refractivity contribution in [1.82, 2.24) is 14.7 Å². The topological polar surface area (TPSA) is 94.3 Å². The number of piperidine rings is 4. The molecule has 4 atom stereocenters. The van der Waals surface area contributed by atoms with Gasteiger partial charge in [0, 0.05) is 143 Å². The number of likely N-dealkylation sites (tertiary alicyclic amines) is 2. The Balaban J connectivity index is -0.0000000669. The number of hydrogen-bond acceptors (Lipinski definition) is 3. The molecule has 0 saturated carbocycles. The smallest absolute Gasteiger partial charge is 0.0125 e. The second-order valence-corrected chi connectivity index (χ2v) is 32.8. The molecule has 0 N–H and O–H groups in total. The molecule has 8 heterocycles. The van der Waals surface area contributed by atoms with Crippen LogP contribution in [-0.4, -0.2) is 148 Å². The van der Waals surface area contributed by atoms with E-state index in [1.165, 1.54) is 122 Å². The van der Waals surface area contributed by atoms with E-state index in [2.05, 4.69) is 213 Å². The van der Waals surface area contributed by atoms with Crippen LogP contribution in [0.3, 0.4) is 0 Å². The first-order valence-electron chi connectivity index (χ1n) is 40.5. The van der Waals surface area contributed by atoms with E-state index in [0.717, 1.165) is 96.3 Å². The molecule has 8 rings (SSSR count). The van der Waals surface area contributed by atoms with Gasteiger partial charge in [-0.2, -0.15) is 0 Å². The van der Waals surface area contributed by atoms with Crippen LogP contribution < -0.4 is 0 Å². The Morgan fingerprint density at radius 3 is 0.667 bits per heavy atom. The van der Waals surface area contributed by atoms with Crippen LogP contribution in [0.2, 0.25) is 0 Å². The third-order valence-electron chi connectivity index (χ3n) is 17.7. The zero-order valence-electron chi connectivity index (χ0n) is 75.3. The number of piperazine rings is 1. The summed E-state index contributed by atoms with van der Waals surface area (Å²) >= 11 is 0. The van der Waals surface area contributed by atoms with Gasteiger partial charge in [0.15, 0.2) is 0 Å². The zero-order valence-corrected chi connectivity index (χ0v) is 92.9. The molecular formula is C84H187N9W6-6. The summed E-state index contributed by atoms with van der Waals surface area (Å²) in [6.07, 6.45) is 20.3. The van der Waals surface area contributed by atoms with Crippen LogP contribution in [0, 0.1) is 44.8 Å².